The van der Waals surface area contributed by atoms with Gasteiger partial charge in [-0.3, -0.25) is 9.59 Å². The van der Waals surface area contributed by atoms with E-state index in [0.29, 0.717) is 24.4 Å². The highest BCUT2D eigenvalue weighted by Crippen LogP contribution is 2.40. The molecule has 29 heavy (non-hydrogen) atoms. The number of carbonyl (C=O) groups excluding carboxylic acids is 2. The van der Waals surface area contributed by atoms with Gasteiger partial charge in [0.25, 0.3) is 5.91 Å². The Kier molecular flexibility index (Phi) is 5.64. The molecule has 0 fully saturated rings. The van der Waals surface area contributed by atoms with Gasteiger partial charge in [0.2, 0.25) is 5.78 Å². The van der Waals surface area contributed by atoms with Gasteiger partial charge in [0.1, 0.15) is 0 Å². The number of halogens is 1. The van der Waals surface area contributed by atoms with Gasteiger partial charge in [-0.2, -0.15) is 0 Å². The molecule has 148 valence electrons. The lowest BCUT2D eigenvalue weighted by molar-refractivity contribution is -0.129. The Labute approximate surface area is 180 Å². The zero-order chi connectivity index (χ0) is 20.4. The first-order valence-corrected chi connectivity index (χ1v) is 10.8. The molecule has 1 aliphatic rings. The van der Waals surface area contributed by atoms with Gasteiger partial charge in [-0.25, -0.2) is 4.98 Å². The van der Waals surface area contributed by atoms with E-state index in [4.69, 9.17) is 0 Å². The van der Waals surface area contributed by atoms with Gasteiger partial charge in [0, 0.05) is 30.0 Å². The van der Waals surface area contributed by atoms with Crippen LogP contribution in [0.2, 0.25) is 0 Å². The summed E-state index contributed by atoms with van der Waals surface area (Å²) in [5, 5.41) is 12.4. The molecule has 1 amide bonds. The smallest absolute Gasteiger partial charge is 0.290 e. The van der Waals surface area contributed by atoms with Gasteiger partial charge < -0.3 is 14.6 Å². The number of amides is 1. The van der Waals surface area contributed by atoms with Crippen LogP contribution in [-0.2, 0) is 11.3 Å². The fraction of sp³-hybridized carbons (Fsp3) is 0.190. The van der Waals surface area contributed by atoms with Crippen LogP contribution in [0.4, 0.5) is 0 Å². The molecule has 1 N–H and O–H groups in total. The first-order valence-electron chi connectivity index (χ1n) is 9.10. The topological polar surface area (TPSA) is 75.4 Å². The molecule has 3 heterocycles. The third-order valence-corrected chi connectivity index (χ3v) is 6.19. The molecule has 1 aliphatic heterocycles. The Morgan fingerprint density at radius 1 is 1.24 bits per heavy atom. The molecule has 1 aromatic carbocycles. The second kappa shape index (κ2) is 8.34. The lowest BCUT2D eigenvalue weighted by Gasteiger charge is -2.27. The van der Waals surface area contributed by atoms with E-state index < -0.39 is 17.7 Å². The number of aliphatic hydroxyl groups is 1. The van der Waals surface area contributed by atoms with Gasteiger partial charge in [-0.15, -0.1) is 11.3 Å². The number of thiophene rings is 1. The van der Waals surface area contributed by atoms with Gasteiger partial charge in [-0.05, 0) is 35.6 Å². The maximum atomic E-state index is 13.1. The number of aliphatic hydroxyl groups excluding tert-OH is 1. The normalized spacial score (nSPS) is 16.7. The quantitative estimate of drug-likeness (QED) is 0.518. The molecule has 8 heteroatoms. The molecule has 3 aromatic rings. The average molecular weight is 472 g/mol. The monoisotopic (exact) mass is 471 g/mol. The first-order chi connectivity index (χ1) is 14.1. The van der Waals surface area contributed by atoms with Gasteiger partial charge in [-0.1, -0.05) is 34.1 Å². The van der Waals surface area contributed by atoms with Crippen molar-refractivity contribution in [3.8, 4) is 0 Å². The van der Waals surface area contributed by atoms with Crippen LogP contribution in [0, 0.1) is 0 Å². The van der Waals surface area contributed by atoms with Crippen LogP contribution in [0.1, 0.15) is 27.7 Å². The minimum absolute atomic E-state index is 0.137. The number of rotatable bonds is 7. The molecule has 1 atom stereocenters. The number of ketones is 1. The predicted octanol–water partition coefficient (Wildman–Crippen LogP) is 4.38. The summed E-state index contributed by atoms with van der Waals surface area (Å²) in [6, 6.07) is 10.3. The van der Waals surface area contributed by atoms with Crippen LogP contribution >= 0.6 is 27.3 Å². The highest BCUT2D eigenvalue weighted by molar-refractivity contribution is 9.10. The lowest BCUT2D eigenvalue weighted by atomic mass is 9.95. The van der Waals surface area contributed by atoms with Crippen LogP contribution < -0.4 is 0 Å². The highest BCUT2D eigenvalue weighted by atomic mass is 79.9. The Balaban J connectivity index is 1.67. The van der Waals surface area contributed by atoms with Crippen molar-refractivity contribution in [1.82, 2.24) is 14.5 Å². The third-order valence-electron chi connectivity index (χ3n) is 4.83. The molecule has 0 bridgehead atoms. The van der Waals surface area contributed by atoms with E-state index >= 15 is 0 Å². The second-order valence-electron chi connectivity index (χ2n) is 6.68. The Hall–Kier alpha value is -2.71. The number of hydrogen-bond acceptors (Lipinski definition) is 5. The molecule has 0 saturated heterocycles. The van der Waals surface area contributed by atoms with E-state index in [1.54, 1.807) is 34.9 Å². The zero-order valence-corrected chi connectivity index (χ0v) is 17.8. The van der Waals surface area contributed by atoms with Crippen molar-refractivity contribution < 1.29 is 14.7 Å². The maximum Gasteiger partial charge on any atom is 0.290 e. The molecule has 2 aromatic heterocycles. The van der Waals surface area contributed by atoms with E-state index in [9.17, 15) is 14.7 Å². The molecular weight excluding hydrogens is 454 g/mol. The Morgan fingerprint density at radius 3 is 2.79 bits per heavy atom. The lowest BCUT2D eigenvalue weighted by Crippen LogP contribution is -2.32. The third kappa shape index (κ3) is 3.90. The Morgan fingerprint density at radius 2 is 2.10 bits per heavy atom. The van der Waals surface area contributed by atoms with Crippen LogP contribution in [-0.4, -0.2) is 37.8 Å². The van der Waals surface area contributed by atoms with Crippen LogP contribution in [0.3, 0.4) is 0 Å². The van der Waals surface area contributed by atoms with Crippen LogP contribution in [0.15, 0.2) is 76.3 Å². The molecule has 0 saturated carbocycles. The van der Waals surface area contributed by atoms with Gasteiger partial charge in [0.05, 0.1) is 22.8 Å². The number of Topliss-reactive ketones (excluding diaryl/α,β-unsaturated/α-hetero) is 1. The van der Waals surface area contributed by atoms with Crippen molar-refractivity contribution in [1.29, 1.82) is 0 Å². The average Bonchev–Trinajstić information content (AvgIpc) is 3.46. The number of nitrogens with zero attached hydrogens (tertiary/aromatic N) is 3. The van der Waals surface area contributed by atoms with Crippen molar-refractivity contribution in [2.75, 3.05) is 6.54 Å². The second-order valence-corrected chi connectivity index (χ2v) is 8.54. The summed E-state index contributed by atoms with van der Waals surface area (Å²) in [7, 11) is 0. The number of aromatic nitrogens is 2. The van der Waals surface area contributed by atoms with E-state index in [1.165, 1.54) is 11.3 Å². The summed E-state index contributed by atoms with van der Waals surface area (Å²) in [6.45, 7) is 1.09. The van der Waals surface area contributed by atoms with Crippen molar-refractivity contribution in [3.05, 3.63) is 86.7 Å². The summed E-state index contributed by atoms with van der Waals surface area (Å²) in [5.41, 5.74) is 0.914. The van der Waals surface area contributed by atoms with Crippen molar-refractivity contribution in [2.24, 2.45) is 0 Å². The molecule has 0 radical (unpaired) electrons. The zero-order valence-electron chi connectivity index (χ0n) is 15.4. The molecule has 0 spiro atoms. The standard InChI is InChI=1S/C21H18BrN3O3S/c22-15-5-1-4-14(12-15)18-17(19(26)16-6-2-11-29-16)20(27)21(28)25(18)9-3-8-24-10-7-23-13-24/h1-2,4-7,10-13,18,27H,3,8-9H2/t18-/m1/s1. The molecular formula is C21H18BrN3O3S. The number of hydrogen-bond donors (Lipinski definition) is 1. The summed E-state index contributed by atoms with van der Waals surface area (Å²) in [5.74, 6) is -1.29. The van der Waals surface area contributed by atoms with Crippen molar-refractivity contribution >= 4 is 39.0 Å². The van der Waals surface area contributed by atoms with E-state index in [0.717, 1.165) is 10.0 Å². The summed E-state index contributed by atoms with van der Waals surface area (Å²) in [4.78, 5) is 32.1. The largest absolute Gasteiger partial charge is 0.503 e. The fourth-order valence-corrected chi connectivity index (χ4v) is 4.62. The maximum absolute atomic E-state index is 13.1. The van der Waals surface area contributed by atoms with E-state index in [-0.39, 0.29) is 11.4 Å². The first kappa shape index (κ1) is 19.6. The Bertz CT molecular complexity index is 1060. The molecule has 0 aliphatic carbocycles. The van der Waals surface area contributed by atoms with E-state index in [2.05, 4.69) is 20.9 Å². The van der Waals surface area contributed by atoms with E-state index in [1.807, 2.05) is 35.0 Å². The van der Waals surface area contributed by atoms with Crippen LogP contribution in [0.5, 0.6) is 0 Å². The SMILES string of the molecule is O=C(C1=C(O)C(=O)N(CCCn2ccnc2)[C@@H]1c1cccc(Br)c1)c1cccs1. The van der Waals surface area contributed by atoms with Crippen molar-refractivity contribution in [2.45, 2.75) is 19.0 Å². The van der Waals surface area contributed by atoms with Crippen molar-refractivity contribution in [3.63, 3.8) is 0 Å². The van der Waals surface area contributed by atoms with Gasteiger partial charge >= 0.3 is 0 Å². The molecule has 4 rings (SSSR count). The number of aryl methyl sites for hydroxylation is 1. The van der Waals surface area contributed by atoms with Crippen LogP contribution in [0.25, 0.3) is 0 Å². The molecule has 6 nitrogen and oxygen atoms in total. The predicted molar refractivity (Wildman–Crippen MR) is 114 cm³/mol. The minimum atomic E-state index is -0.627. The highest BCUT2D eigenvalue weighted by Gasteiger charge is 2.43. The number of imidazole rings is 1. The minimum Gasteiger partial charge on any atom is -0.503 e. The number of carbonyl (C=O) groups is 2. The van der Waals surface area contributed by atoms with Gasteiger partial charge in [0.15, 0.2) is 5.76 Å². The summed E-state index contributed by atoms with van der Waals surface area (Å²) >= 11 is 4.75. The fourth-order valence-electron chi connectivity index (χ4n) is 3.52. The summed E-state index contributed by atoms with van der Waals surface area (Å²) in [6.07, 6.45) is 5.95. The number of benzene rings is 1. The molecule has 0 unspecified atom stereocenters. The summed E-state index contributed by atoms with van der Waals surface area (Å²) < 4.78 is 2.77.